The first-order valence-electron chi connectivity index (χ1n) is 8.77. The van der Waals surface area contributed by atoms with Crippen molar-refractivity contribution < 1.29 is 18.1 Å². The monoisotopic (exact) mass is 401 g/mol. The topological polar surface area (TPSA) is 125 Å². The minimum absolute atomic E-state index is 0.00186. The second-order valence-corrected chi connectivity index (χ2v) is 7.39. The standard InChI is InChI=1S/C16H12N2O4S.C4H11N/c19-15-10-5-11-3-1-2-4-14(11)16(15)18-17-12-6-8-13(9-7-12)23(20,21)22;1-2-3-4-5/h1-10,19H,(H,20,21,22);2-5H2,1H3. The van der Waals surface area contributed by atoms with E-state index in [2.05, 4.69) is 17.2 Å². The van der Waals surface area contributed by atoms with Gasteiger partial charge in [-0.2, -0.15) is 13.5 Å². The van der Waals surface area contributed by atoms with E-state index in [0.717, 1.165) is 17.3 Å². The lowest BCUT2D eigenvalue weighted by atomic mass is 10.1. The number of unbranched alkanes of at least 4 members (excludes halogenated alkanes) is 1. The zero-order chi connectivity index (χ0) is 20.6. The molecule has 4 N–H and O–H groups in total. The van der Waals surface area contributed by atoms with Crippen LogP contribution in [0.4, 0.5) is 11.4 Å². The fraction of sp³-hybridized carbons (Fsp3) is 0.200. The highest BCUT2D eigenvalue weighted by atomic mass is 32.2. The molecule has 0 saturated carbocycles. The average Bonchev–Trinajstić information content (AvgIpc) is 2.68. The molecule has 0 aliphatic carbocycles. The molecule has 0 heterocycles. The summed E-state index contributed by atoms with van der Waals surface area (Å²) in [5.74, 6) is 0.00186. The number of benzene rings is 3. The van der Waals surface area contributed by atoms with Crippen LogP contribution in [0.15, 0.2) is 75.8 Å². The molecule has 0 aliphatic heterocycles. The Morgan fingerprint density at radius 2 is 1.64 bits per heavy atom. The van der Waals surface area contributed by atoms with Crippen molar-refractivity contribution in [3.05, 3.63) is 60.7 Å². The Balaban J connectivity index is 0.000000500. The zero-order valence-electron chi connectivity index (χ0n) is 15.5. The predicted octanol–water partition coefficient (Wildman–Crippen LogP) is 4.95. The van der Waals surface area contributed by atoms with Gasteiger partial charge in [0.1, 0.15) is 11.4 Å². The van der Waals surface area contributed by atoms with Crippen LogP contribution in [0.1, 0.15) is 19.8 Å². The number of nitrogens with zero attached hydrogens (tertiary/aromatic N) is 2. The molecule has 0 atom stereocenters. The van der Waals surface area contributed by atoms with Gasteiger partial charge in [-0.25, -0.2) is 0 Å². The van der Waals surface area contributed by atoms with E-state index >= 15 is 0 Å². The van der Waals surface area contributed by atoms with Crippen LogP contribution in [0, 0.1) is 0 Å². The molecule has 0 bridgehead atoms. The number of aromatic hydroxyl groups is 1. The van der Waals surface area contributed by atoms with E-state index in [4.69, 9.17) is 10.3 Å². The van der Waals surface area contributed by atoms with Gasteiger partial charge in [-0.05, 0) is 48.7 Å². The summed E-state index contributed by atoms with van der Waals surface area (Å²) in [7, 11) is -4.23. The van der Waals surface area contributed by atoms with Gasteiger partial charge in [0.05, 0.1) is 10.6 Å². The molecule has 7 nitrogen and oxygen atoms in total. The number of nitrogens with two attached hydrogens (primary N) is 1. The minimum atomic E-state index is -4.23. The van der Waals surface area contributed by atoms with Crippen LogP contribution in [0.5, 0.6) is 5.75 Å². The zero-order valence-corrected chi connectivity index (χ0v) is 16.3. The van der Waals surface area contributed by atoms with Crippen molar-refractivity contribution in [3.63, 3.8) is 0 Å². The van der Waals surface area contributed by atoms with Gasteiger partial charge in [0.2, 0.25) is 0 Å². The molecule has 0 unspecified atom stereocenters. The van der Waals surface area contributed by atoms with Gasteiger partial charge in [-0.1, -0.05) is 43.7 Å². The maximum Gasteiger partial charge on any atom is 0.294 e. The van der Waals surface area contributed by atoms with E-state index in [1.54, 1.807) is 6.07 Å². The molecule has 0 fully saturated rings. The summed E-state index contributed by atoms with van der Waals surface area (Å²) >= 11 is 0. The fourth-order valence-electron chi connectivity index (χ4n) is 2.35. The van der Waals surface area contributed by atoms with Gasteiger partial charge in [-0.15, -0.1) is 5.11 Å². The van der Waals surface area contributed by atoms with Crippen molar-refractivity contribution >= 4 is 32.3 Å². The van der Waals surface area contributed by atoms with Crippen molar-refractivity contribution in [2.24, 2.45) is 16.0 Å². The Morgan fingerprint density at radius 3 is 2.21 bits per heavy atom. The van der Waals surface area contributed by atoms with Crippen molar-refractivity contribution in [1.82, 2.24) is 0 Å². The second-order valence-electron chi connectivity index (χ2n) is 5.97. The maximum absolute atomic E-state index is 11.0. The van der Waals surface area contributed by atoms with Crippen LogP contribution >= 0.6 is 0 Å². The molecule has 148 valence electrons. The highest BCUT2D eigenvalue weighted by Gasteiger charge is 2.09. The minimum Gasteiger partial charge on any atom is -0.506 e. The van der Waals surface area contributed by atoms with Crippen molar-refractivity contribution in [2.45, 2.75) is 24.7 Å². The fourth-order valence-corrected chi connectivity index (χ4v) is 2.83. The van der Waals surface area contributed by atoms with Crippen LogP contribution in [-0.4, -0.2) is 24.6 Å². The van der Waals surface area contributed by atoms with E-state index in [1.165, 1.54) is 43.2 Å². The lowest BCUT2D eigenvalue weighted by Crippen LogP contribution is -1.96. The number of azo groups is 1. The summed E-state index contributed by atoms with van der Waals surface area (Å²) in [6, 6.07) is 16.0. The van der Waals surface area contributed by atoms with Crippen molar-refractivity contribution in [2.75, 3.05) is 6.54 Å². The average molecular weight is 401 g/mol. The number of phenolic OH excluding ortho intramolecular Hbond substituents is 1. The molecule has 8 heteroatoms. The number of hydrogen-bond donors (Lipinski definition) is 3. The highest BCUT2D eigenvalue weighted by Crippen LogP contribution is 2.35. The van der Waals surface area contributed by atoms with Crippen LogP contribution < -0.4 is 5.73 Å². The Bertz CT molecular complexity index is 1050. The summed E-state index contributed by atoms with van der Waals surface area (Å²) in [5.41, 5.74) is 5.87. The molecule has 3 aromatic rings. The quantitative estimate of drug-likeness (QED) is 0.412. The Morgan fingerprint density at radius 1 is 0.964 bits per heavy atom. The summed E-state index contributed by atoms with van der Waals surface area (Å²) < 4.78 is 30.9. The largest absolute Gasteiger partial charge is 0.506 e. The van der Waals surface area contributed by atoms with E-state index < -0.39 is 10.1 Å². The van der Waals surface area contributed by atoms with Gasteiger partial charge in [0.15, 0.2) is 0 Å². The Hall–Kier alpha value is -2.81. The van der Waals surface area contributed by atoms with E-state index in [1.807, 2.05) is 24.3 Å². The normalized spacial score (nSPS) is 11.4. The molecular formula is C20H23N3O4S. The molecule has 28 heavy (non-hydrogen) atoms. The van der Waals surface area contributed by atoms with Crippen LogP contribution in [0.2, 0.25) is 0 Å². The summed E-state index contributed by atoms with van der Waals surface area (Å²) in [6.45, 7) is 2.98. The third kappa shape index (κ3) is 5.85. The second kappa shape index (κ2) is 9.93. The van der Waals surface area contributed by atoms with Crippen LogP contribution in [0.25, 0.3) is 10.8 Å². The lowest BCUT2D eigenvalue weighted by molar-refractivity contribution is 0.477. The van der Waals surface area contributed by atoms with Gasteiger partial charge >= 0.3 is 0 Å². The molecule has 0 spiro atoms. The number of rotatable bonds is 5. The van der Waals surface area contributed by atoms with Gasteiger partial charge < -0.3 is 10.8 Å². The smallest absolute Gasteiger partial charge is 0.294 e. The summed E-state index contributed by atoms with van der Waals surface area (Å²) in [5, 5.41) is 19.7. The molecule has 0 aliphatic rings. The van der Waals surface area contributed by atoms with Gasteiger partial charge in [-0.3, -0.25) is 4.55 Å². The molecule has 3 rings (SSSR count). The number of hydrogen-bond acceptors (Lipinski definition) is 6. The summed E-state index contributed by atoms with van der Waals surface area (Å²) in [6.07, 6.45) is 2.39. The number of fused-ring (bicyclic) bond motifs is 1. The molecule has 0 aromatic heterocycles. The molecule has 0 radical (unpaired) electrons. The van der Waals surface area contributed by atoms with Gasteiger partial charge in [0, 0.05) is 5.39 Å². The summed E-state index contributed by atoms with van der Waals surface area (Å²) in [4.78, 5) is -0.218. The maximum atomic E-state index is 11.0. The predicted molar refractivity (Wildman–Crippen MR) is 110 cm³/mol. The Kier molecular flexibility index (Phi) is 7.62. The van der Waals surface area contributed by atoms with Crippen molar-refractivity contribution in [1.29, 1.82) is 0 Å². The molecule has 3 aromatic carbocycles. The van der Waals surface area contributed by atoms with E-state index in [9.17, 15) is 13.5 Å². The lowest BCUT2D eigenvalue weighted by Gasteiger charge is -2.03. The highest BCUT2D eigenvalue weighted by molar-refractivity contribution is 7.85. The van der Waals surface area contributed by atoms with E-state index in [-0.39, 0.29) is 10.6 Å². The van der Waals surface area contributed by atoms with Crippen LogP contribution in [0.3, 0.4) is 0 Å². The van der Waals surface area contributed by atoms with Crippen LogP contribution in [-0.2, 0) is 10.1 Å². The first-order valence-corrected chi connectivity index (χ1v) is 10.2. The first-order chi connectivity index (χ1) is 13.4. The molecule has 0 saturated heterocycles. The first kappa shape index (κ1) is 21.5. The third-order valence-electron chi connectivity index (χ3n) is 3.84. The molecule has 0 amide bonds. The third-order valence-corrected chi connectivity index (χ3v) is 4.70. The molecular weight excluding hydrogens is 378 g/mol. The Labute approximate surface area is 164 Å². The van der Waals surface area contributed by atoms with E-state index in [0.29, 0.717) is 11.4 Å². The number of phenols is 1. The van der Waals surface area contributed by atoms with Crippen molar-refractivity contribution in [3.8, 4) is 5.75 Å². The SMILES string of the molecule is CCCCN.O=S(=O)(O)c1ccc(N=Nc2c(O)ccc3ccccc23)cc1. The van der Waals surface area contributed by atoms with Gasteiger partial charge in [0.25, 0.3) is 10.1 Å².